The van der Waals surface area contributed by atoms with Crippen molar-refractivity contribution in [3.8, 4) is 6.07 Å². The number of nitriles is 1. The molecular weight excluding hydrogens is 287 g/mol. The van der Waals surface area contributed by atoms with Crippen LogP contribution < -0.4 is 0 Å². The molecule has 23 heavy (non-hydrogen) atoms. The van der Waals surface area contributed by atoms with Crippen molar-refractivity contribution in [2.75, 3.05) is 20.6 Å². The van der Waals surface area contributed by atoms with Crippen molar-refractivity contribution < 1.29 is 4.39 Å². The summed E-state index contributed by atoms with van der Waals surface area (Å²) in [6.07, 6.45) is 1.99. The van der Waals surface area contributed by atoms with E-state index in [9.17, 15) is 9.65 Å². The first-order chi connectivity index (χ1) is 11.1. The van der Waals surface area contributed by atoms with Gasteiger partial charge in [-0.25, -0.2) is 4.39 Å². The van der Waals surface area contributed by atoms with Crippen molar-refractivity contribution in [1.29, 1.82) is 5.26 Å². The summed E-state index contributed by atoms with van der Waals surface area (Å²) in [5.41, 5.74) is 0.888. The highest BCUT2D eigenvalue weighted by Crippen LogP contribution is 2.34. The van der Waals surface area contributed by atoms with Crippen molar-refractivity contribution >= 4 is 0 Å². The predicted molar refractivity (Wildman–Crippen MR) is 91.6 cm³/mol. The topological polar surface area (TPSA) is 27.0 Å². The summed E-state index contributed by atoms with van der Waals surface area (Å²) in [5, 5.41) is 9.91. The first-order valence-corrected chi connectivity index (χ1v) is 7.92. The summed E-state index contributed by atoms with van der Waals surface area (Å²) >= 11 is 0. The molecule has 120 valence electrons. The summed E-state index contributed by atoms with van der Waals surface area (Å²) in [6.45, 7) is 0.747. The zero-order chi connectivity index (χ0) is 16.7. The maximum atomic E-state index is 14.4. The van der Waals surface area contributed by atoms with Crippen molar-refractivity contribution in [3.05, 3.63) is 71.5 Å². The smallest absolute Gasteiger partial charge is 0.128 e. The molecule has 0 aliphatic rings. The second kappa shape index (κ2) is 7.89. The highest BCUT2D eigenvalue weighted by Gasteiger charge is 2.34. The van der Waals surface area contributed by atoms with Gasteiger partial charge in [-0.05, 0) is 51.5 Å². The average molecular weight is 310 g/mol. The van der Waals surface area contributed by atoms with Gasteiger partial charge in [0.2, 0.25) is 0 Å². The van der Waals surface area contributed by atoms with Crippen molar-refractivity contribution in [2.45, 2.75) is 24.7 Å². The van der Waals surface area contributed by atoms with E-state index >= 15 is 0 Å². The first-order valence-electron chi connectivity index (χ1n) is 7.92. The lowest BCUT2D eigenvalue weighted by atomic mass is 9.74. The van der Waals surface area contributed by atoms with Crippen LogP contribution in [-0.4, -0.2) is 25.5 Å². The average Bonchev–Trinajstić information content (AvgIpc) is 2.57. The molecule has 0 fully saturated rings. The number of benzene rings is 2. The van der Waals surface area contributed by atoms with Crippen LogP contribution in [-0.2, 0) is 11.8 Å². The molecule has 0 spiro atoms. The molecule has 0 heterocycles. The SMILES string of the molecule is CN(C)CCC(C#N)(CCc1ccccc1)c1ccccc1F. The molecule has 2 aromatic carbocycles. The minimum absolute atomic E-state index is 0.291. The first kappa shape index (κ1) is 17.2. The number of hydrogen-bond donors (Lipinski definition) is 0. The van der Waals surface area contributed by atoms with Crippen molar-refractivity contribution in [1.82, 2.24) is 4.90 Å². The van der Waals surface area contributed by atoms with E-state index < -0.39 is 5.41 Å². The van der Waals surface area contributed by atoms with Gasteiger partial charge in [-0.3, -0.25) is 0 Å². The van der Waals surface area contributed by atoms with E-state index in [1.54, 1.807) is 12.1 Å². The van der Waals surface area contributed by atoms with E-state index in [0.29, 0.717) is 18.4 Å². The molecule has 1 unspecified atom stereocenters. The van der Waals surface area contributed by atoms with Gasteiger partial charge in [0.25, 0.3) is 0 Å². The maximum Gasteiger partial charge on any atom is 0.128 e. The molecule has 0 N–H and O–H groups in total. The fourth-order valence-corrected chi connectivity index (χ4v) is 2.83. The third kappa shape index (κ3) is 4.40. The van der Waals surface area contributed by atoms with Crippen LogP contribution in [0, 0.1) is 17.1 Å². The van der Waals surface area contributed by atoms with Crippen LogP contribution in [0.3, 0.4) is 0 Å². The quantitative estimate of drug-likeness (QED) is 0.767. The van der Waals surface area contributed by atoms with Crippen LogP contribution in [0.15, 0.2) is 54.6 Å². The standard InChI is InChI=1S/C20H23FN2/c1-23(2)15-14-20(16-22,18-10-6-7-11-19(18)21)13-12-17-8-4-3-5-9-17/h3-11H,12-15H2,1-2H3. The Kier molecular flexibility index (Phi) is 5.90. The van der Waals surface area contributed by atoms with Crippen LogP contribution in [0.2, 0.25) is 0 Å². The molecule has 1 atom stereocenters. The Morgan fingerprint density at radius 1 is 1.00 bits per heavy atom. The molecular formula is C20H23FN2. The van der Waals surface area contributed by atoms with Gasteiger partial charge < -0.3 is 4.90 Å². The van der Waals surface area contributed by atoms with Gasteiger partial charge in [0.1, 0.15) is 5.82 Å². The highest BCUT2D eigenvalue weighted by molar-refractivity contribution is 5.34. The van der Waals surface area contributed by atoms with Crippen LogP contribution in [0.5, 0.6) is 0 Å². The molecule has 0 aromatic heterocycles. The maximum absolute atomic E-state index is 14.4. The molecule has 2 rings (SSSR count). The lowest BCUT2D eigenvalue weighted by Crippen LogP contribution is -2.31. The van der Waals surface area contributed by atoms with Crippen LogP contribution in [0.4, 0.5) is 4.39 Å². The largest absolute Gasteiger partial charge is 0.309 e. The molecule has 0 radical (unpaired) electrons. The number of rotatable bonds is 7. The molecule has 2 nitrogen and oxygen atoms in total. The molecule has 0 saturated heterocycles. The van der Waals surface area contributed by atoms with E-state index in [1.807, 2.05) is 43.3 Å². The normalized spacial score (nSPS) is 13.5. The Hall–Kier alpha value is -2.18. The van der Waals surface area contributed by atoms with Gasteiger partial charge in [0.15, 0.2) is 0 Å². The highest BCUT2D eigenvalue weighted by atomic mass is 19.1. The molecule has 0 bridgehead atoms. The fourth-order valence-electron chi connectivity index (χ4n) is 2.83. The Labute approximate surface area is 138 Å². The fraction of sp³-hybridized carbons (Fsp3) is 0.350. The third-order valence-electron chi connectivity index (χ3n) is 4.27. The number of halogens is 1. The molecule has 0 amide bonds. The zero-order valence-electron chi connectivity index (χ0n) is 13.8. The van der Waals surface area contributed by atoms with Gasteiger partial charge in [0.05, 0.1) is 11.5 Å². The van der Waals surface area contributed by atoms with E-state index in [-0.39, 0.29) is 5.82 Å². The summed E-state index contributed by atoms with van der Waals surface area (Å²) in [7, 11) is 3.95. The Morgan fingerprint density at radius 3 is 2.26 bits per heavy atom. The van der Waals surface area contributed by atoms with E-state index in [2.05, 4.69) is 18.2 Å². The monoisotopic (exact) mass is 310 g/mol. The van der Waals surface area contributed by atoms with E-state index in [0.717, 1.165) is 13.0 Å². The summed E-state index contributed by atoms with van der Waals surface area (Å²) in [5.74, 6) is -0.291. The van der Waals surface area contributed by atoms with E-state index in [1.165, 1.54) is 11.6 Å². The van der Waals surface area contributed by atoms with Crippen molar-refractivity contribution in [2.24, 2.45) is 0 Å². The minimum Gasteiger partial charge on any atom is -0.309 e. The van der Waals surface area contributed by atoms with Crippen molar-refractivity contribution in [3.63, 3.8) is 0 Å². The Bertz CT molecular complexity index is 661. The Morgan fingerprint density at radius 2 is 1.65 bits per heavy atom. The van der Waals surface area contributed by atoms with Crippen LogP contribution in [0.25, 0.3) is 0 Å². The lowest BCUT2D eigenvalue weighted by molar-refractivity contribution is 0.337. The summed E-state index contributed by atoms with van der Waals surface area (Å²) < 4.78 is 14.4. The van der Waals surface area contributed by atoms with Gasteiger partial charge in [0, 0.05) is 5.56 Å². The second-order valence-electron chi connectivity index (χ2n) is 6.21. The minimum atomic E-state index is -0.800. The number of aryl methyl sites for hydroxylation is 1. The molecule has 2 aromatic rings. The van der Waals surface area contributed by atoms with Gasteiger partial charge >= 0.3 is 0 Å². The molecule has 0 aliphatic carbocycles. The predicted octanol–water partition coefficient (Wildman–Crippen LogP) is 4.17. The molecule has 0 aliphatic heterocycles. The number of hydrogen-bond acceptors (Lipinski definition) is 2. The van der Waals surface area contributed by atoms with Crippen LogP contribution >= 0.6 is 0 Å². The lowest BCUT2D eigenvalue weighted by Gasteiger charge is -2.29. The van der Waals surface area contributed by atoms with Crippen LogP contribution in [0.1, 0.15) is 24.0 Å². The second-order valence-corrected chi connectivity index (χ2v) is 6.21. The summed E-state index contributed by atoms with van der Waals surface area (Å²) in [6, 6.07) is 19.2. The summed E-state index contributed by atoms with van der Waals surface area (Å²) in [4.78, 5) is 2.04. The third-order valence-corrected chi connectivity index (χ3v) is 4.27. The molecule has 3 heteroatoms. The molecule has 0 saturated carbocycles. The number of nitrogens with zero attached hydrogens (tertiary/aromatic N) is 2. The zero-order valence-corrected chi connectivity index (χ0v) is 13.8. The van der Waals surface area contributed by atoms with Gasteiger partial charge in [-0.15, -0.1) is 0 Å². The van der Waals surface area contributed by atoms with E-state index in [4.69, 9.17) is 0 Å². The van der Waals surface area contributed by atoms with Gasteiger partial charge in [-0.1, -0.05) is 48.5 Å². The Balaban J connectivity index is 2.30. The van der Waals surface area contributed by atoms with Gasteiger partial charge in [-0.2, -0.15) is 5.26 Å².